The molecule has 0 aliphatic heterocycles. The number of hydrogen-bond acceptors (Lipinski definition) is 3. The van der Waals surface area contributed by atoms with Crippen molar-refractivity contribution in [2.75, 3.05) is 5.73 Å². The average Bonchev–Trinajstić information content (AvgIpc) is 2.45. The van der Waals surface area contributed by atoms with Crippen LogP contribution in [0.3, 0.4) is 0 Å². The maximum Gasteiger partial charge on any atom is 0.152 e. The Morgan fingerprint density at radius 2 is 2.05 bits per heavy atom. The lowest BCUT2D eigenvalue weighted by Gasteiger charge is -2.08. The van der Waals surface area contributed by atoms with Gasteiger partial charge in [-0.1, -0.05) is 18.2 Å². The average molecular weight is 291 g/mol. The summed E-state index contributed by atoms with van der Waals surface area (Å²) < 4.78 is 27.4. The summed E-state index contributed by atoms with van der Waals surface area (Å²) in [5.74, 6) is -1.33. The Labute approximate surface area is 123 Å². The van der Waals surface area contributed by atoms with E-state index in [0.29, 0.717) is 12.0 Å². The lowest BCUT2D eigenvalue weighted by atomic mass is 10.0. The lowest BCUT2D eigenvalue weighted by Crippen LogP contribution is -2.03. The molecule has 0 unspecified atom stereocenters. The van der Waals surface area contributed by atoms with Crippen molar-refractivity contribution in [2.45, 2.75) is 19.8 Å². The highest BCUT2D eigenvalue weighted by Crippen LogP contribution is 2.22. The van der Waals surface area contributed by atoms with E-state index in [4.69, 9.17) is 16.9 Å². The van der Waals surface area contributed by atoms with E-state index in [2.05, 4.69) is 6.58 Å². The predicted octanol–water partition coefficient (Wildman–Crippen LogP) is 3.47. The van der Waals surface area contributed by atoms with Gasteiger partial charge in [-0.25, -0.2) is 8.78 Å². The molecule has 0 amide bonds. The molecule has 1 aromatic rings. The Kier molecular flexibility index (Phi) is 5.84. The van der Waals surface area contributed by atoms with E-state index in [1.165, 1.54) is 6.07 Å². The zero-order valence-corrected chi connectivity index (χ0v) is 11.9. The van der Waals surface area contributed by atoms with Gasteiger partial charge in [-0.15, -0.1) is 0 Å². The molecule has 0 saturated carbocycles. The van der Waals surface area contributed by atoms with Gasteiger partial charge in [0.1, 0.15) is 5.82 Å². The minimum atomic E-state index is -0.718. The third-order valence-corrected chi connectivity index (χ3v) is 3.12. The molecular formula is C16H19F2N3. The molecule has 0 spiro atoms. The molecule has 0 atom stereocenters. The van der Waals surface area contributed by atoms with Gasteiger partial charge in [-0.2, -0.15) is 0 Å². The van der Waals surface area contributed by atoms with Crippen LogP contribution in [0.5, 0.6) is 0 Å². The van der Waals surface area contributed by atoms with Crippen LogP contribution in [0, 0.1) is 17.0 Å². The minimum Gasteiger partial charge on any atom is -0.399 e. The molecule has 5 N–H and O–H groups in total. The van der Waals surface area contributed by atoms with Gasteiger partial charge in [0.25, 0.3) is 0 Å². The summed E-state index contributed by atoms with van der Waals surface area (Å²) in [7, 11) is 0. The Morgan fingerprint density at radius 3 is 2.57 bits per heavy atom. The molecule has 5 heteroatoms. The Hall–Kier alpha value is -2.43. The number of allylic oxidation sites excluding steroid dienone is 4. The van der Waals surface area contributed by atoms with E-state index < -0.39 is 11.6 Å². The molecule has 0 radical (unpaired) electrons. The number of hydrogen-bond donors (Lipinski definition) is 3. The number of nitrogen functional groups attached to an aromatic ring is 1. The Bertz CT molecular complexity index is 616. The van der Waals surface area contributed by atoms with Crippen LogP contribution in [-0.2, 0) is 6.42 Å². The second-order valence-electron chi connectivity index (χ2n) is 4.56. The largest absolute Gasteiger partial charge is 0.399 e. The number of nitrogens with one attached hydrogen (secondary N) is 1. The van der Waals surface area contributed by atoms with E-state index >= 15 is 0 Å². The van der Waals surface area contributed by atoms with E-state index in [1.807, 2.05) is 0 Å². The topological polar surface area (TPSA) is 75.9 Å². The second-order valence-corrected chi connectivity index (χ2v) is 4.56. The summed E-state index contributed by atoms with van der Waals surface area (Å²) in [5.41, 5.74) is 12.4. The number of nitrogens with two attached hydrogens (primary N) is 2. The molecule has 3 nitrogen and oxygen atoms in total. The van der Waals surface area contributed by atoms with Crippen molar-refractivity contribution in [3.05, 3.63) is 64.9 Å². The first-order chi connectivity index (χ1) is 9.90. The van der Waals surface area contributed by atoms with Crippen molar-refractivity contribution < 1.29 is 8.78 Å². The molecule has 112 valence electrons. The molecule has 0 aliphatic carbocycles. The molecule has 1 rings (SSSR count). The minimum absolute atomic E-state index is 0.0364. The summed E-state index contributed by atoms with van der Waals surface area (Å²) in [6.45, 7) is 5.37. The summed E-state index contributed by atoms with van der Waals surface area (Å²) in [4.78, 5) is 0. The summed E-state index contributed by atoms with van der Waals surface area (Å²) in [5, 5.41) is 7.25. The molecule has 1 aromatic carbocycles. The van der Waals surface area contributed by atoms with Crippen molar-refractivity contribution in [1.82, 2.24) is 0 Å². The van der Waals surface area contributed by atoms with Gasteiger partial charge in [-0.05, 0) is 38.0 Å². The van der Waals surface area contributed by atoms with Crippen molar-refractivity contribution >= 4 is 11.9 Å². The van der Waals surface area contributed by atoms with Gasteiger partial charge >= 0.3 is 0 Å². The van der Waals surface area contributed by atoms with Crippen LogP contribution < -0.4 is 11.5 Å². The number of halogens is 2. The summed E-state index contributed by atoms with van der Waals surface area (Å²) in [6.07, 6.45) is 5.14. The van der Waals surface area contributed by atoms with Crippen LogP contribution >= 0.6 is 0 Å². The molecule has 0 aromatic heterocycles. The van der Waals surface area contributed by atoms with Gasteiger partial charge in [0, 0.05) is 23.0 Å². The van der Waals surface area contributed by atoms with Crippen LogP contribution in [0.25, 0.3) is 0 Å². The highest BCUT2D eigenvalue weighted by atomic mass is 19.1. The van der Waals surface area contributed by atoms with E-state index in [1.54, 1.807) is 19.1 Å². The predicted molar refractivity (Wildman–Crippen MR) is 83.0 cm³/mol. The van der Waals surface area contributed by atoms with E-state index in [0.717, 1.165) is 17.9 Å². The summed E-state index contributed by atoms with van der Waals surface area (Å²) in [6, 6.07) is 2.36. The molecular weight excluding hydrogens is 272 g/mol. The fraction of sp³-hybridized carbons (Fsp3) is 0.188. The van der Waals surface area contributed by atoms with Gasteiger partial charge in [0.15, 0.2) is 5.82 Å². The number of rotatable bonds is 6. The zero-order chi connectivity index (χ0) is 16.0. The van der Waals surface area contributed by atoms with Crippen LogP contribution in [0.4, 0.5) is 14.5 Å². The van der Waals surface area contributed by atoms with Gasteiger partial charge in [-0.3, -0.25) is 0 Å². The van der Waals surface area contributed by atoms with Crippen molar-refractivity contribution in [3.63, 3.8) is 0 Å². The standard InChI is InChI=1S/C16H19F2N3/c1-3-11(8-12(9-19)10(2)20)4-5-13-14(17)6-7-15(21)16(13)18/h3,6-9,19H,2,4-5,20-21H2,1H3/b11-3-,12-8-,19-9?. The van der Waals surface area contributed by atoms with Crippen LogP contribution in [0.1, 0.15) is 18.9 Å². The smallest absolute Gasteiger partial charge is 0.152 e. The lowest BCUT2D eigenvalue weighted by molar-refractivity contribution is 0.557. The highest BCUT2D eigenvalue weighted by Gasteiger charge is 2.12. The van der Waals surface area contributed by atoms with E-state index in [9.17, 15) is 8.78 Å². The van der Waals surface area contributed by atoms with Gasteiger partial charge in [0.2, 0.25) is 0 Å². The molecule has 0 saturated heterocycles. The monoisotopic (exact) mass is 291 g/mol. The Balaban J connectivity index is 2.94. The van der Waals surface area contributed by atoms with Crippen LogP contribution in [0.2, 0.25) is 0 Å². The fourth-order valence-corrected chi connectivity index (χ4v) is 1.84. The SMILES string of the molecule is C=C(N)/C(C=N)=C\C(=C/C)CCc1c(F)ccc(N)c1F. The molecule has 21 heavy (non-hydrogen) atoms. The number of anilines is 1. The van der Waals surface area contributed by atoms with Crippen LogP contribution in [-0.4, -0.2) is 6.21 Å². The molecule has 0 fully saturated rings. The highest BCUT2D eigenvalue weighted by molar-refractivity contribution is 5.82. The van der Waals surface area contributed by atoms with Crippen molar-refractivity contribution in [3.8, 4) is 0 Å². The Morgan fingerprint density at radius 1 is 1.38 bits per heavy atom. The normalized spacial score (nSPS) is 12.3. The molecule has 0 bridgehead atoms. The van der Waals surface area contributed by atoms with Crippen molar-refractivity contribution in [2.24, 2.45) is 5.73 Å². The van der Waals surface area contributed by atoms with Crippen LogP contribution in [0.15, 0.2) is 47.7 Å². The summed E-state index contributed by atoms with van der Waals surface area (Å²) >= 11 is 0. The van der Waals surface area contributed by atoms with Crippen molar-refractivity contribution in [1.29, 1.82) is 5.41 Å². The number of benzene rings is 1. The maximum absolute atomic E-state index is 13.8. The van der Waals surface area contributed by atoms with Gasteiger partial charge in [0.05, 0.1) is 5.69 Å². The maximum atomic E-state index is 13.8. The zero-order valence-electron chi connectivity index (χ0n) is 11.9. The van der Waals surface area contributed by atoms with E-state index in [-0.39, 0.29) is 23.4 Å². The molecule has 0 aliphatic rings. The first-order valence-electron chi connectivity index (χ1n) is 6.45. The third-order valence-electron chi connectivity index (χ3n) is 3.12. The quantitative estimate of drug-likeness (QED) is 0.426. The first-order valence-corrected chi connectivity index (χ1v) is 6.45. The third kappa shape index (κ3) is 4.27. The molecule has 0 heterocycles. The first kappa shape index (κ1) is 16.6. The fourth-order valence-electron chi connectivity index (χ4n) is 1.84. The second kappa shape index (κ2) is 7.38. The van der Waals surface area contributed by atoms with Gasteiger partial charge < -0.3 is 16.9 Å².